The van der Waals surface area contributed by atoms with Crippen LogP contribution in [-0.4, -0.2) is 4.98 Å². The Morgan fingerprint density at radius 2 is 2.29 bits per heavy atom. The SMILES string of the molecule is NNc1ccc(-c2cnco2)c(F)c1. The maximum atomic E-state index is 13.4. The molecule has 0 fully saturated rings. The van der Waals surface area contributed by atoms with E-state index in [9.17, 15) is 4.39 Å². The lowest BCUT2D eigenvalue weighted by molar-refractivity contribution is 0.561. The monoisotopic (exact) mass is 193 g/mol. The van der Waals surface area contributed by atoms with Gasteiger partial charge in [-0.1, -0.05) is 0 Å². The van der Waals surface area contributed by atoms with E-state index in [1.165, 1.54) is 18.7 Å². The summed E-state index contributed by atoms with van der Waals surface area (Å²) in [6, 6.07) is 4.52. The fourth-order valence-corrected chi connectivity index (χ4v) is 1.15. The average molecular weight is 193 g/mol. The van der Waals surface area contributed by atoms with Gasteiger partial charge in [-0.15, -0.1) is 0 Å². The fraction of sp³-hybridized carbons (Fsp3) is 0. The maximum absolute atomic E-state index is 13.4. The van der Waals surface area contributed by atoms with Crippen LogP contribution in [0.4, 0.5) is 10.1 Å². The molecular formula is C9H8FN3O. The summed E-state index contributed by atoms with van der Waals surface area (Å²) in [5, 5.41) is 0. The van der Waals surface area contributed by atoms with E-state index in [2.05, 4.69) is 10.4 Å². The Bertz CT molecular complexity index is 428. The minimum atomic E-state index is -0.405. The van der Waals surface area contributed by atoms with Crippen molar-refractivity contribution in [2.45, 2.75) is 0 Å². The zero-order chi connectivity index (χ0) is 9.97. The number of benzene rings is 1. The highest BCUT2D eigenvalue weighted by atomic mass is 19.1. The molecular weight excluding hydrogens is 185 g/mol. The second kappa shape index (κ2) is 3.47. The van der Waals surface area contributed by atoms with Crippen LogP contribution < -0.4 is 11.3 Å². The quantitative estimate of drug-likeness (QED) is 0.563. The molecule has 0 saturated carbocycles. The normalized spacial score (nSPS) is 10.1. The Balaban J connectivity index is 2.46. The number of hydrogen-bond acceptors (Lipinski definition) is 4. The molecule has 0 unspecified atom stereocenters. The van der Waals surface area contributed by atoms with Crippen molar-refractivity contribution < 1.29 is 8.81 Å². The molecule has 0 aliphatic carbocycles. The number of nitrogens with two attached hydrogens (primary N) is 1. The lowest BCUT2D eigenvalue weighted by Gasteiger charge is -2.02. The highest BCUT2D eigenvalue weighted by Gasteiger charge is 2.08. The third-order valence-electron chi connectivity index (χ3n) is 1.83. The van der Waals surface area contributed by atoms with Gasteiger partial charge in [0, 0.05) is 0 Å². The van der Waals surface area contributed by atoms with Gasteiger partial charge in [-0.05, 0) is 18.2 Å². The maximum Gasteiger partial charge on any atom is 0.181 e. The predicted octanol–water partition coefficient (Wildman–Crippen LogP) is 1.77. The summed E-state index contributed by atoms with van der Waals surface area (Å²) in [5.74, 6) is 5.12. The van der Waals surface area contributed by atoms with E-state index in [1.54, 1.807) is 12.1 Å². The Kier molecular flexibility index (Phi) is 2.16. The third kappa shape index (κ3) is 1.45. The second-order valence-electron chi connectivity index (χ2n) is 2.70. The number of rotatable bonds is 2. The fourth-order valence-electron chi connectivity index (χ4n) is 1.15. The van der Waals surface area contributed by atoms with Crippen molar-refractivity contribution in [1.82, 2.24) is 4.98 Å². The van der Waals surface area contributed by atoms with Gasteiger partial charge in [-0.25, -0.2) is 9.37 Å². The van der Waals surface area contributed by atoms with Crippen LogP contribution in [0.3, 0.4) is 0 Å². The van der Waals surface area contributed by atoms with Crippen LogP contribution in [0.15, 0.2) is 35.2 Å². The number of halogens is 1. The standard InChI is InChI=1S/C9H8FN3O/c10-8-3-6(13-11)1-2-7(8)9-4-12-5-14-9/h1-5,13H,11H2. The van der Waals surface area contributed by atoms with Crippen molar-refractivity contribution in [3.63, 3.8) is 0 Å². The second-order valence-corrected chi connectivity index (χ2v) is 2.70. The first-order valence-electron chi connectivity index (χ1n) is 3.96. The van der Waals surface area contributed by atoms with Crippen LogP contribution in [0, 0.1) is 5.82 Å². The number of hydrazine groups is 1. The third-order valence-corrected chi connectivity index (χ3v) is 1.83. The zero-order valence-electron chi connectivity index (χ0n) is 7.20. The molecule has 14 heavy (non-hydrogen) atoms. The molecule has 0 bridgehead atoms. The van der Waals surface area contributed by atoms with Gasteiger partial charge in [0.15, 0.2) is 12.2 Å². The predicted molar refractivity (Wildman–Crippen MR) is 49.7 cm³/mol. The van der Waals surface area contributed by atoms with E-state index >= 15 is 0 Å². The van der Waals surface area contributed by atoms with Crippen molar-refractivity contribution in [1.29, 1.82) is 0 Å². The lowest BCUT2D eigenvalue weighted by atomic mass is 10.1. The number of hydrogen-bond donors (Lipinski definition) is 2. The van der Waals surface area contributed by atoms with E-state index in [4.69, 9.17) is 10.3 Å². The number of anilines is 1. The van der Waals surface area contributed by atoms with E-state index in [-0.39, 0.29) is 0 Å². The summed E-state index contributed by atoms with van der Waals surface area (Å²) >= 11 is 0. The summed E-state index contributed by atoms with van der Waals surface area (Å²) in [5.41, 5.74) is 3.22. The Morgan fingerprint density at radius 1 is 1.43 bits per heavy atom. The number of aromatic nitrogens is 1. The van der Waals surface area contributed by atoms with Crippen molar-refractivity contribution in [2.24, 2.45) is 5.84 Å². The Morgan fingerprint density at radius 3 is 2.86 bits per heavy atom. The number of nitrogen functional groups attached to an aromatic ring is 1. The van der Waals surface area contributed by atoms with Crippen molar-refractivity contribution in [3.05, 3.63) is 36.6 Å². The molecule has 4 nitrogen and oxygen atoms in total. The molecule has 1 aromatic carbocycles. The first-order valence-corrected chi connectivity index (χ1v) is 3.96. The molecule has 0 spiro atoms. The van der Waals surface area contributed by atoms with Crippen molar-refractivity contribution >= 4 is 5.69 Å². The van der Waals surface area contributed by atoms with Crippen LogP contribution in [0.25, 0.3) is 11.3 Å². The lowest BCUT2D eigenvalue weighted by Crippen LogP contribution is -2.06. The molecule has 1 aromatic heterocycles. The highest BCUT2D eigenvalue weighted by molar-refractivity contribution is 5.61. The summed E-state index contributed by atoms with van der Waals surface area (Å²) in [7, 11) is 0. The van der Waals surface area contributed by atoms with Gasteiger partial charge in [-0.2, -0.15) is 0 Å². The molecule has 0 amide bonds. The molecule has 0 radical (unpaired) electrons. The minimum absolute atomic E-state index is 0.363. The molecule has 2 aromatic rings. The van der Waals surface area contributed by atoms with Crippen LogP contribution in [0.2, 0.25) is 0 Å². The number of nitrogens with one attached hydrogen (secondary N) is 1. The first kappa shape index (κ1) is 8.71. The first-order chi connectivity index (χ1) is 6.81. The molecule has 1 heterocycles. The van der Waals surface area contributed by atoms with Crippen molar-refractivity contribution in [2.75, 3.05) is 5.43 Å². The van der Waals surface area contributed by atoms with Crippen molar-refractivity contribution in [3.8, 4) is 11.3 Å². The van der Waals surface area contributed by atoms with Gasteiger partial charge in [0.1, 0.15) is 5.82 Å². The summed E-state index contributed by atoms with van der Waals surface area (Å²) in [6.45, 7) is 0. The molecule has 0 saturated heterocycles. The highest BCUT2D eigenvalue weighted by Crippen LogP contribution is 2.24. The number of nitrogens with zero attached hydrogens (tertiary/aromatic N) is 1. The summed E-state index contributed by atoms with van der Waals surface area (Å²) < 4.78 is 18.4. The molecule has 0 atom stereocenters. The molecule has 0 aliphatic heterocycles. The van der Waals surface area contributed by atoms with Gasteiger partial charge < -0.3 is 9.84 Å². The minimum Gasteiger partial charge on any atom is -0.443 e. The van der Waals surface area contributed by atoms with Gasteiger partial charge in [-0.3, -0.25) is 5.84 Å². The summed E-state index contributed by atoms with van der Waals surface area (Å²) in [6.07, 6.45) is 2.71. The molecule has 3 N–H and O–H groups in total. The molecule has 0 aliphatic rings. The van der Waals surface area contributed by atoms with E-state index in [1.807, 2.05) is 0 Å². The van der Waals surface area contributed by atoms with E-state index in [0.29, 0.717) is 17.0 Å². The smallest absolute Gasteiger partial charge is 0.181 e. The van der Waals surface area contributed by atoms with E-state index < -0.39 is 5.82 Å². The van der Waals surface area contributed by atoms with Gasteiger partial charge >= 0.3 is 0 Å². The van der Waals surface area contributed by atoms with Crippen LogP contribution in [0.5, 0.6) is 0 Å². The van der Waals surface area contributed by atoms with Gasteiger partial charge in [0.05, 0.1) is 17.4 Å². The van der Waals surface area contributed by atoms with Crippen LogP contribution in [0.1, 0.15) is 0 Å². The van der Waals surface area contributed by atoms with E-state index in [0.717, 1.165) is 0 Å². The Labute approximate surface area is 79.5 Å². The van der Waals surface area contributed by atoms with Crippen LogP contribution >= 0.6 is 0 Å². The largest absolute Gasteiger partial charge is 0.443 e. The summed E-state index contributed by atoms with van der Waals surface area (Å²) in [4.78, 5) is 3.71. The number of oxazole rings is 1. The van der Waals surface area contributed by atoms with Crippen LogP contribution in [-0.2, 0) is 0 Å². The molecule has 5 heteroatoms. The average Bonchev–Trinajstić information content (AvgIpc) is 2.70. The van der Waals surface area contributed by atoms with Gasteiger partial charge in [0.25, 0.3) is 0 Å². The molecule has 72 valence electrons. The molecule has 2 rings (SSSR count). The topological polar surface area (TPSA) is 64.1 Å². The Hall–Kier alpha value is -1.88. The van der Waals surface area contributed by atoms with Gasteiger partial charge in [0.2, 0.25) is 0 Å². The zero-order valence-corrected chi connectivity index (χ0v) is 7.20.